The van der Waals surface area contributed by atoms with Crippen molar-refractivity contribution >= 4 is 5.82 Å². The van der Waals surface area contributed by atoms with Crippen LogP contribution in [0.25, 0.3) is 0 Å². The fourth-order valence-corrected chi connectivity index (χ4v) is 3.15. The van der Waals surface area contributed by atoms with Crippen molar-refractivity contribution in [3.63, 3.8) is 0 Å². The molecule has 0 unspecified atom stereocenters. The minimum Gasteiger partial charge on any atom is -0.356 e. The molecule has 2 aromatic rings. The summed E-state index contributed by atoms with van der Waals surface area (Å²) in [5.74, 6) is 0.987. The van der Waals surface area contributed by atoms with Crippen molar-refractivity contribution in [2.75, 3.05) is 25.0 Å². The first-order valence-electron chi connectivity index (χ1n) is 8.30. The van der Waals surface area contributed by atoms with E-state index in [1.165, 1.54) is 4.68 Å². The topological polar surface area (TPSA) is 67.2 Å². The van der Waals surface area contributed by atoms with Crippen molar-refractivity contribution in [1.29, 1.82) is 0 Å². The number of aromatic nitrogens is 4. The highest BCUT2D eigenvalue weighted by Gasteiger charge is 2.23. The summed E-state index contributed by atoms with van der Waals surface area (Å²) in [5.41, 5.74) is 1.86. The molecule has 1 saturated heterocycles. The van der Waals surface area contributed by atoms with Gasteiger partial charge >= 0.3 is 0 Å². The predicted molar refractivity (Wildman–Crippen MR) is 92.9 cm³/mol. The van der Waals surface area contributed by atoms with Crippen molar-refractivity contribution < 1.29 is 0 Å². The molecular formula is C17H24N6O. The molecule has 3 rings (SSSR count). The summed E-state index contributed by atoms with van der Waals surface area (Å²) in [5, 5.41) is 4.31. The van der Waals surface area contributed by atoms with Crippen molar-refractivity contribution in [1.82, 2.24) is 24.6 Å². The molecule has 0 atom stereocenters. The molecule has 0 bridgehead atoms. The number of aryl methyl sites for hydroxylation is 2. The van der Waals surface area contributed by atoms with Crippen LogP contribution in [0.5, 0.6) is 0 Å². The van der Waals surface area contributed by atoms with Crippen LogP contribution in [0, 0.1) is 6.92 Å². The van der Waals surface area contributed by atoms with Crippen LogP contribution in [0.2, 0.25) is 0 Å². The van der Waals surface area contributed by atoms with E-state index in [2.05, 4.69) is 31.9 Å². The predicted octanol–water partition coefficient (Wildman–Crippen LogP) is 0.980. The molecule has 0 saturated carbocycles. The summed E-state index contributed by atoms with van der Waals surface area (Å²) < 4.78 is 1.40. The van der Waals surface area contributed by atoms with Crippen molar-refractivity contribution in [2.45, 2.75) is 32.4 Å². The fraction of sp³-hybridized carbons (Fsp3) is 0.529. The second-order valence-electron chi connectivity index (χ2n) is 6.42. The number of piperidine rings is 1. The van der Waals surface area contributed by atoms with Gasteiger partial charge in [-0.3, -0.25) is 9.69 Å². The third-order valence-electron chi connectivity index (χ3n) is 4.66. The molecular weight excluding hydrogens is 304 g/mol. The van der Waals surface area contributed by atoms with E-state index in [-0.39, 0.29) is 5.56 Å². The average molecular weight is 328 g/mol. The number of hydrogen-bond acceptors (Lipinski definition) is 6. The SMILES string of the molecule is Cc1cc(N(C)C2CCN(Cc3ccc(=O)n(C)n3)CC2)ncn1. The zero-order valence-electron chi connectivity index (χ0n) is 14.5. The van der Waals surface area contributed by atoms with Gasteiger partial charge in [0.15, 0.2) is 0 Å². The monoisotopic (exact) mass is 328 g/mol. The summed E-state index contributed by atoms with van der Waals surface area (Å²) in [6, 6.07) is 5.93. The summed E-state index contributed by atoms with van der Waals surface area (Å²) in [7, 11) is 3.80. The maximum Gasteiger partial charge on any atom is 0.266 e. The first-order valence-corrected chi connectivity index (χ1v) is 8.30. The van der Waals surface area contributed by atoms with Crippen LogP contribution in [-0.4, -0.2) is 50.8 Å². The Morgan fingerprint density at radius 3 is 2.67 bits per heavy atom. The van der Waals surface area contributed by atoms with E-state index in [0.29, 0.717) is 6.04 Å². The number of hydrogen-bond donors (Lipinski definition) is 0. The van der Waals surface area contributed by atoms with Gasteiger partial charge < -0.3 is 4.90 Å². The molecule has 0 spiro atoms. The number of anilines is 1. The summed E-state index contributed by atoms with van der Waals surface area (Å²) in [6.45, 7) is 4.81. The second kappa shape index (κ2) is 7.09. The van der Waals surface area contributed by atoms with Gasteiger partial charge in [0.05, 0.1) is 5.69 Å². The maximum absolute atomic E-state index is 11.4. The lowest BCUT2D eigenvalue weighted by Gasteiger charge is -2.37. The van der Waals surface area contributed by atoms with E-state index in [0.717, 1.165) is 49.7 Å². The first-order chi connectivity index (χ1) is 11.5. The summed E-state index contributed by atoms with van der Waals surface area (Å²) in [4.78, 5) is 24.6. The third-order valence-corrected chi connectivity index (χ3v) is 4.66. The Labute approximate surface area is 142 Å². The zero-order chi connectivity index (χ0) is 17.1. The van der Waals surface area contributed by atoms with E-state index in [1.54, 1.807) is 19.4 Å². The lowest BCUT2D eigenvalue weighted by molar-refractivity contribution is 0.200. The Balaban J connectivity index is 1.57. The molecule has 7 heteroatoms. The average Bonchev–Trinajstić information content (AvgIpc) is 2.58. The van der Waals surface area contributed by atoms with Crippen molar-refractivity contribution in [3.05, 3.63) is 46.3 Å². The third kappa shape index (κ3) is 3.79. The number of likely N-dealkylation sites (tertiary alicyclic amines) is 1. The van der Waals surface area contributed by atoms with Crippen LogP contribution in [0.3, 0.4) is 0 Å². The van der Waals surface area contributed by atoms with E-state index in [9.17, 15) is 4.79 Å². The number of rotatable bonds is 4. The largest absolute Gasteiger partial charge is 0.356 e. The highest BCUT2D eigenvalue weighted by atomic mass is 16.1. The van der Waals surface area contributed by atoms with E-state index in [4.69, 9.17) is 0 Å². The fourth-order valence-electron chi connectivity index (χ4n) is 3.15. The quantitative estimate of drug-likeness (QED) is 0.833. The lowest BCUT2D eigenvalue weighted by Crippen LogP contribution is -2.43. The van der Waals surface area contributed by atoms with Gasteiger partial charge in [0.2, 0.25) is 0 Å². The van der Waals surface area contributed by atoms with E-state index < -0.39 is 0 Å². The maximum atomic E-state index is 11.4. The highest BCUT2D eigenvalue weighted by Crippen LogP contribution is 2.21. The lowest BCUT2D eigenvalue weighted by atomic mass is 10.0. The van der Waals surface area contributed by atoms with Crippen LogP contribution >= 0.6 is 0 Å². The second-order valence-corrected chi connectivity index (χ2v) is 6.42. The van der Waals surface area contributed by atoms with Gasteiger partial charge in [-0.1, -0.05) is 0 Å². The molecule has 0 aromatic carbocycles. The molecule has 0 N–H and O–H groups in total. The Morgan fingerprint density at radius 1 is 1.25 bits per heavy atom. The van der Waals surface area contributed by atoms with Crippen molar-refractivity contribution in [3.8, 4) is 0 Å². The molecule has 1 fully saturated rings. The smallest absolute Gasteiger partial charge is 0.266 e. The zero-order valence-corrected chi connectivity index (χ0v) is 14.5. The first kappa shape index (κ1) is 16.6. The van der Waals surface area contributed by atoms with Gasteiger partial charge in [-0.25, -0.2) is 14.6 Å². The molecule has 0 amide bonds. The molecule has 1 aliphatic heterocycles. The van der Waals surface area contributed by atoms with Gasteiger partial charge in [0.1, 0.15) is 12.1 Å². The molecule has 1 aliphatic rings. The normalized spacial score (nSPS) is 16.3. The molecule has 24 heavy (non-hydrogen) atoms. The molecule has 0 aliphatic carbocycles. The Morgan fingerprint density at radius 2 is 2.00 bits per heavy atom. The van der Waals surface area contributed by atoms with E-state index >= 15 is 0 Å². The highest BCUT2D eigenvalue weighted by molar-refractivity contribution is 5.39. The molecule has 0 radical (unpaired) electrons. The molecule has 7 nitrogen and oxygen atoms in total. The van der Waals surface area contributed by atoms with E-state index in [1.807, 2.05) is 19.1 Å². The van der Waals surface area contributed by atoms with Gasteiger partial charge in [0.25, 0.3) is 5.56 Å². The summed E-state index contributed by atoms with van der Waals surface area (Å²) >= 11 is 0. The van der Waals surface area contributed by atoms with Crippen LogP contribution in [0.15, 0.2) is 29.3 Å². The minimum absolute atomic E-state index is 0.0702. The Kier molecular flexibility index (Phi) is 4.89. The Hall–Kier alpha value is -2.28. The van der Waals surface area contributed by atoms with Crippen LogP contribution in [0.1, 0.15) is 24.2 Å². The van der Waals surface area contributed by atoms with Crippen LogP contribution in [-0.2, 0) is 13.6 Å². The van der Waals surface area contributed by atoms with Crippen molar-refractivity contribution in [2.24, 2.45) is 7.05 Å². The standard InChI is InChI=1S/C17H24N6O/c1-13-10-16(19-12-18-13)21(2)15-6-8-23(9-7-15)11-14-4-5-17(24)22(3)20-14/h4-5,10,12,15H,6-9,11H2,1-3H3. The summed E-state index contributed by atoms with van der Waals surface area (Å²) in [6.07, 6.45) is 3.80. The van der Waals surface area contributed by atoms with Gasteiger partial charge in [0, 0.05) is 57.6 Å². The molecule has 128 valence electrons. The molecule has 2 aromatic heterocycles. The van der Waals surface area contributed by atoms with Crippen LogP contribution < -0.4 is 10.5 Å². The van der Waals surface area contributed by atoms with Gasteiger partial charge in [-0.05, 0) is 25.8 Å². The number of nitrogens with zero attached hydrogens (tertiary/aromatic N) is 6. The minimum atomic E-state index is -0.0702. The van der Waals surface area contributed by atoms with Gasteiger partial charge in [-0.15, -0.1) is 0 Å². The molecule has 3 heterocycles. The van der Waals surface area contributed by atoms with Crippen LogP contribution in [0.4, 0.5) is 5.82 Å². The Bertz CT molecular complexity index is 751. The van der Waals surface area contributed by atoms with Gasteiger partial charge in [-0.2, -0.15) is 5.10 Å².